The first kappa shape index (κ1) is 13.5. The van der Waals surface area contributed by atoms with Crippen molar-refractivity contribution in [1.82, 2.24) is 9.88 Å². The number of morpholine rings is 1. The van der Waals surface area contributed by atoms with Gasteiger partial charge in [-0.25, -0.2) is 4.98 Å². The van der Waals surface area contributed by atoms with Crippen molar-refractivity contribution in [2.75, 3.05) is 26.3 Å². The number of carbonyl (C=O) groups is 1. The molecule has 1 aliphatic rings. The van der Waals surface area contributed by atoms with Crippen LogP contribution in [0.4, 0.5) is 0 Å². The van der Waals surface area contributed by atoms with E-state index < -0.39 is 0 Å². The molecular formula is C11H12Cl2N2O3. The van der Waals surface area contributed by atoms with Crippen LogP contribution in [0, 0.1) is 0 Å². The van der Waals surface area contributed by atoms with Crippen molar-refractivity contribution in [2.24, 2.45) is 0 Å². The fourth-order valence-corrected chi connectivity index (χ4v) is 2.18. The number of halogens is 2. The van der Waals surface area contributed by atoms with Gasteiger partial charge in [-0.3, -0.25) is 4.79 Å². The van der Waals surface area contributed by atoms with Crippen LogP contribution < -0.4 is 0 Å². The van der Waals surface area contributed by atoms with Gasteiger partial charge in [-0.15, -0.1) is 0 Å². The molecule has 1 N–H and O–H groups in total. The predicted octanol–water partition coefficient (Wildman–Crippen LogP) is 1.22. The molecule has 1 aromatic rings. The first-order valence-corrected chi connectivity index (χ1v) is 6.21. The van der Waals surface area contributed by atoms with Gasteiger partial charge in [-0.1, -0.05) is 23.2 Å². The van der Waals surface area contributed by atoms with Gasteiger partial charge in [0.1, 0.15) is 10.3 Å². The van der Waals surface area contributed by atoms with Crippen LogP contribution in [-0.4, -0.2) is 53.3 Å². The number of carbonyl (C=O) groups excluding carboxylic acids is 1. The molecule has 2 rings (SSSR count). The summed E-state index contributed by atoms with van der Waals surface area (Å²) in [6, 6.07) is 3.06. The average Bonchev–Trinajstić information content (AvgIpc) is 2.38. The van der Waals surface area contributed by atoms with E-state index in [0.29, 0.717) is 25.3 Å². The summed E-state index contributed by atoms with van der Waals surface area (Å²) in [4.78, 5) is 17.6. The number of pyridine rings is 1. The third-order valence-corrected chi connectivity index (χ3v) is 3.17. The third-order valence-electron chi connectivity index (χ3n) is 2.67. The molecule has 0 saturated carbocycles. The highest BCUT2D eigenvalue weighted by Crippen LogP contribution is 2.19. The Kier molecular flexibility index (Phi) is 4.40. The second-order valence-electron chi connectivity index (χ2n) is 3.90. The van der Waals surface area contributed by atoms with Gasteiger partial charge in [-0.05, 0) is 12.1 Å². The van der Waals surface area contributed by atoms with E-state index in [0.717, 1.165) is 0 Å². The van der Waals surface area contributed by atoms with Gasteiger partial charge < -0.3 is 14.7 Å². The molecule has 1 amide bonds. The van der Waals surface area contributed by atoms with Crippen molar-refractivity contribution >= 4 is 29.1 Å². The lowest BCUT2D eigenvalue weighted by Crippen LogP contribution is -2.47. The minimum absolute atomic E-state index is 0.0829. The topological polar surface area (TPSA) is 62.7 Å². The molecule has 98 valence electrons. The van der Waals surface area contributed by atoms with Crippen molar-refractivity contribution in [1.29, 1.82) is 0 Å². The van der Waals surface area contributed by atoms with Gasteiger partial charge in [-0.2, -0.15) is 0 Å². The summed E-state index contributed by atoms with van der Waals surface area (Å²) in [7, 11) is 0. The Morgan fingerprint density at radius 2 is 2.33 bits per heavy atom. The summed E-state index contributed by atoms with van der Waals surface area (Å²) in [6.07, 6.45) is -0.346. The molecule has 2 heterocycles. The van der Waals surface area contributed by atoms with Gasteiger partial charge in [0.05, 0.1) is 24.9 Å². The maximum Gasteiger partial charge on any atom is 0.257 e. The zero-order valence-electron chi connectivity index (χ0n) is 9.47. The largest absolute Gasteiger partial charge is 0.394 e. The van der Waals surface area contributed by atoms with Crippen LogP contribution in [0.2, 0.25) is 10.3 Å². The average molecular weight is 291 g/mol. The summed E-state index contributed by atoms with van der Waals surface area (Å²) in [5.41, 5.74) is 0.305. The molecule has 1 aromatic heterocycles. The van der Waals surface area contributed by atoms with Crippen molar-refractivity contribution in [3.8, 4) is 0 Å². The van der Waals surface area contributed by atoms with Crippen LogP contribution in [-0.2, 0) is 4.74 Å². The maximum atomic E-state index is 12.2. The summed E-state index contributed by atoms with van der Waals surface area (Å²) in [6.45, 7) is 1.09. The van der Waals surface area contributed by atoms with E-state index in [4.69, 9.17) is 33.0 Å². The lowest BCUT2D eigenvalue weighted by atomic mass is 10.2. The smallest absolute Gasteiger partial charge is 0.257 e. The number of aromatic nitrogens is 1. The van der Waals surface area contributed by atoms with Crippen molar-refractivity contribution in [3.63, 3.8) is 0 Å². The van der Waals surface area contributed by atoms with Crippen molar-refractivity contribution in [2.45, 2.75) is 6.10 Å². The fourth-order valence-electron chi connectivity index (χ4n) is 1.76. The summed E-state index contributed by atoms with van der Waals surface area (Å²) < 4.78 is 5.28. The zero-order valence-corrected chi connectivity index (χ0v) is 11.0. The highest BCUT2D eigenvalue weighted by atomic mass is 35.5. The SMILES string of the molecule is O=C(c1ccc(Cl)nc1Cl)N1CCOC(CO)C1. The van der Waals surface area contributed by atoms with Gasteiger partial charge in [0.25, 0.3) is 5.91 Å². The molecule has 5 nitrogen and oxygen atoms in total. The normalized spacial score (nSPS) is 19.9. The highest BCUT2D eigenvalue weighted by molar-refractivity contribution is 6.34. The standard InChI is InChI=1S/C11H12Cl2N2O3/c12-9-2-1-8(10(13)14-9)11(17)15-3-4-18-7(5-15)6-16/h1-2,7,16H,3-6H2. The molecule has 1 aliphatic heterocycles. The highest BCUT2D eigenvalue weighted by Gasteiger charge is 2.26. The molecule has 7 heteroatoms. The molecular weight excluding hydrogens is 279 g/mol. The van der Waals surface area contributed by atoms with Crippen LogP contribution in [0.1, 0.15) is 10.4 Å². The van der Waals surface area contributed by atoms with Crippen LogP contribution in [0.5, 0.6) is 0 Å². The minimum Gasteiger partial charge on any atom is -0.394 e. The van der Waals surface area contributed by atoms with E-state index in [2.05, 4.69) is 4.98 Å². The zero-order chi connectivity index (χ0) is 13.1. The van der Waals surface area contributed by atoms with Crippen molar-refractivity contribution < 1.29 is 14.6 Å². The molecule has 0 aliphatic carbocycles. The Hall–Kier alpha value is -0.880. The van der Waals surface area contributed by atoms with E-state index in [-0.39, 0.29) is 28.9 Å². The lowest BCUT2D eigenvalue weighted by molar-refractivity contribution is -0.0447. The Morgan fingerprint density at radius 1 is 1.56 bits per heavy atom. The molecule has 0 bridgehead atoms. The Labute approximate surface area is 114 Å². The third kappa shape index (κ3) is 2.92. The number of aliphatic hydroxyl groups is 1. The van der Waals surface area contributed by atoms with E-state index in [1.54, 1.807) is 11.0 Å². The van der Waals surface area contributed by atoms with Crippen LogP contribution in [0.15, 0.2) is 12.1 Å². The maximum absolute atomic E-state index is 12.2. The van der Waals surface area contributed by atoms with Crippen LogP contribution in [0.3, 0.4) is 0 Å². The molecule has 1 atom stereocenters. The monoisotopic (exact) mass is 290 g/mol. The van der Waals surface area contributed by atoms with E-state index >= 15 is 0 Å². The second-order valence-corrected chi connectivity index (χ2v) is 4.64. The Morgan fingerprint density at radius 3 is 3.00 bits per heavy atom. The van der Waals surface area contributed by atoms with E-state index in [9.17, 15) is 4.79 Å². The van der Waals surface area contributed by atoms with Gasteiger partial charge >= 0.3 is 0 Å². The number of nitrogens with zero attached hydrogens (tertiary/aromatic N) is 2. The van der Waals surface area contributed by atoms with E-state index in [1.165, 1.54) is 6.07 Å². The van der Waals surface area contributed by atoms with Crippen LogP contribution >= 0.6 is 23.2 Å². The van der Waals surface area contributed by atoms with Crippen molar-refractivity contribution in [3.05, 3.63) is 28.0 Å². The quantitative estimate of drug-likeness (QED) is 0.832. The Bertz CT molecular complexity index is 456. The summed E-state index contributed by atoms with van der Waals surface area (Å²) in [5, 5.41) is 9.36. The van der Waals surface area contributed by atoms with Crippen LogP contribution in [0.25, 0.3) is 0 Å². The number of hydrogen-bond acceptors (Lipinski definition) is 4. The molecule has 1 unspecified atom stereocenters. The molecule has 0 spiro atoms. The lowest BCUT2D eigenvalue weighted by Gasteiger charge is -2.32. The molecule has 1 saturated heterocycles. The number of aliphatic hydroxyl groups excluding tert-OH is 1. The molecule has 18 heavy (non-hydrogen) atoms. The number of rotatable bonds is 2. The first-order chi connectivity index (χ1) is 8.61. The fraction of sp³-hybridized carbons (Fsp3) is 0.455. The van der Waals surface area contributed by atoms with E-state index in [1.807, 2.05) is 0 Å². The molecule has 1 fully saturated rings. The number of amides is 1. The minimum atomic E-state index is -0.346. The summed E-state index contributed by atoms with van der Waals surface area (Å²) in [5.74, 6) is -0.231. The molecule has 0 radical (unpaired) electrons. The number of hydrogen-bond donors (Lipinski definition) is 1. The van der Waals surface area contributed by atoms with Gasteiger partial charge in [0.2, 0.25) is 0 Å². The van der Waals surface area contributed by atoms with Gasteiger partial charge in [0.15, 0.2) is 0 Å². The first-order valence-electron chi connectivity index (χ1n) is 5.45. The molecule has 0 aromatic carbocycles. The second kappa shape index (κ2) is 5.84. The number of ether oxygens (including phenoxy) is 1. The summed E-state index contributed by atoms with van der Waals surface area (Å²) >= 11 is 11.6. The van der Waals surface area contributed by atoms with Gasteiger partial charge in [0, 0.05) is 13.1 Å². The Balaban J connectivity index is 2.15. The predicted molar refractivity (Wildman–Crippen MR) is 67.0 cm³/mol.